The van der Waals surface area contributed by atoms with Gasteiger partial charge in [0, 0.05) is 11.5 Å². The molecular weight excluding hydrogens is 252 g/mol. The summed E-state index contributed by atoms with van der Waals surface area (Å²) < 4.78 is 5.31. The van der Waals surface area contributed by atoms with E-state index in [9.17, 15) is 4.79 Å². The fraction of sp³-hybridized carbons (Fsp3) is 0.462. The Bertz CT molecular complexity index is 437. The molecule has 1 fully saturated rings. The zero-order valence-corrected chi connectivity index (χ0v) is 11.9. The molecule has 0 saturated carbocycles. The standard InChI is InChI=1S/C13H16O2S2/c1-8-6-10(13-16-4-5-17-13)7-11(9(8)2)12(14)15-3/h6-7,13H,4-5H2,1-3H3. The summed E-state index contributed by atoms with van der Waals surface area (Å²) in [4.78, 5) is 11.7. The SMILES string of the molecule is COC(=O)c1cc(C2SCCS2)cc(C)c1C. The number of thioether (sulfide) groups is 2. The molecule has 0 bridgehead atoms. The van der Waals surface area contributed by atoms with Gasteiger partial charge < -0.3 is 4.74 Å². The van der Waals surface area contributed by atoms with Crippen LogP contribution >= 0.6 is 23.5 Å². The number of benzene rings is 1. The predicted molar refractivity (Wildman–Crippen MR) is 74.9 cm³/mol. The van der Waals surface area contributed by atoms with Gasteiger partial charge in [0.15, 0.2) is 0 Å². The molecule has 1 aliphatic heterocycles. The monoisotopic (exact) mass is 268 g/mol. The van der Waals surface area contributed by atoms with Crippen LogP contribution < -0.4 is 0 Å². The van der Waals surface area contributed by atoms with Crippen molar-refractivity contribution >= 4 is 29.5 Å². The molecule has 0 aromatic heterocycles. The first-order valence-electron chi connectivity index (χ1n) is 5.56. The lowest BCUT2D eigenvalue weighted by Crippen LogP contribution is -2.06. The van der Waals surface area contributed by atoms with E-state index in [1.165, 1.54) is 24.2 Å². The topological polar surface area (TPSA) is 26.3 Å². The van der Waals surface area contributed by atoms with Gasteiger partial charge in [-0.1, -0.05) is 6.07 Å². The average molecular weight is 268 g/mol. The minimum atomic E-state index is -0.236. The van der Waals surface area contributed by atoms with E-state index in [0.717, 1.165) is 11.1 Å². The third kappa shape index (κ3) is 2.63. The van der Waals surface area contributed by atoms with E-state index in [1.807, 2.05) is 36.5 Å². The summed E-state index contributed by atoms with van der Waals surface area (Å²) >= 11 is 3.90. The Morgan fingerprint density at radius 3 is 2.53 bits per heavy atom. The van der Waals surface area contributed by atoms with Crippen LogP contribution in [0.2, 0.25) is 0 Å². The van der Waals surface area contributed by atoms with Crippen molar-refractivity contribution in [2.75, 3.05) is 18.6 Å². The van der Waals surface area contributed by atoms with Crippen molar-refractivity contribution in [1.29, 1.82) is 0 Å². The van der Waals surface area contributed by atoms with Gasteiger partial charge in [-0.2, -0.15) is 0 Å². The van der Waals surface area contributed by atoms with Crippen LogP contribution in [0.1, 0.15) is 31.6 Å². The van der Waals surface area contributed by atoms with Crippen molar-refractivity contribution in [1.82, 2.24) is 0 Å². The molecule has 0 spiro atoms. The number of hydrogen-bond donors (Lipinski definition) is 0. The zero-order valence-electron chi connectivity index (χ0n) is 10.3. The molecule has 0 N–H and O–H groups in total. The molecule has 92 valence electrons. The van der Waals surface area contributed by atoms with Crippen LogP contribution in [0.5, 0.6) is 0 Å². The van der Waals surface area contributed by atoms with Crippen LogP contribution in [0.3, 0.4) is 0 Å². The Kier molecular flexibility index (Phi) is 4.05. The minimum absolute atomic E-state index is 0.236. The third-order valence-electron chi connectivity index (χ3n) is 2.99. The maximum Gasteiger partial charge on any atom is 0.338 e. The number of carbonyl (C=O) groups excluding carboxylic acids is 1. The maximum absolute atomic E-state index is 11.7. The molecule has 1 aromatic carbocycles. The number of methoxy groups -OCH3 is 1. The highest BCUT2D eigenvalue weighted by Crippen LogP contribution is 2.45. The van der Waals surface area contributed by atoms with Crippen molar-refractivity contribution in [3.63, 3.8) is 0 Å². The molecular formula is C13H16O2S2. The molecule has 0 amide bonds. The summed E-state index contributed by atoms with van der Waals surface area (Å²) in [6.07, 6.45) is 0. The first-order chi connectivity index (χ1) is 8.13. The summed E-state index contributed by atoms with van der Waals surface area (Å²) in [5.41, 5.74) is 4.13. The van der Waals surface area contributed by atoms with Crippen LogP contribution in [0.25, 0.3) is 0 Å². The van der Waals surface area contributed by atoms with Gasteiger partial charge in [-0.15, -0.1) is 23.5 Å². The Morgan fingerprint density at radius 1 is 1.29 bits per heavy atom. The second kappa shape index (κ2) is 5.36. The Balaban J connectivity index is 2.41. The number of ether oxygens (including phenoxy) is 1. The lowest BCUT2D eigenvalue weighted by atomic mass is 10.0. The molecule has 4 heteroatoms. The van der Waals surface area contributed by atoms with Gasteiger partial charge >= 0.3 is 5.97 Å². The molecule has 0 aliphatic carbocycles. The third-order valence-corrected chi connectivity index (χ3v) is 6.09. The molecule has 0 unspecified atom stereocenters. The van der Waals surface area contributed by atoms with Gasteiger partial charge in [-0.25, -0.2) is 4.79 Å². The molecule has 1 heterocycles. The quantitative estimate of drug-likeness (QED) is 0.766. The Morgan fingerprint density at radius 2 is 1.94 bits per heavy atom. The van der Waals surface area contributed by atoms with E-state index in [2.05, 4.69) is 13.0 Å². The summed E-state index contributed by atoms with van der Waals surface area (Å²) in [6, 6.07) is 4.18. The largest absolute Gasteiger partial charge is 0.465 e. The Hall–Kier alpha value is -0.610. The van der Waals surface area contributed by atoms with Crippen molar-refractivity contribution < 1.29 is 9.53 Å². The highest BCUT2D eigenvalue weighted by Gasteiger charge is 2.21. The second-order valence-corrected chi connectivity index (χ2v) is 6.80. The normalized spacial score (nSPS) is 16.2. The van der Waals surface area contributed by atoms with E-state index in [-0.39, 0.29) is 5.97 Å². The Labute approximate surface area is 111 Å². The molecule has 0 atom stereocenters. The average Bonchev–Trinajstić information content (AvgIpc) is 2.85. The van der Waals surface area contributed by atoms with Crippen molar-refractivity contribution in [2.45, 2.75) is 18.4 Å². The van der Waals surface area contributed by atoms with E-state index in [4.69, 9.17) is 4.74 Å². The van der Waals surface area contributed by atoms with E-state index in [0.29, 0.717) is 10.1 Å². The summed E-state index contributed by atoms with van der Waals surface area (Å²) in [7, 11) is 1.43. The molecule has 1 aliphatic rings. The van der Waals surface area contributed by atoms with Crippen LogP contribution in [0.15, 0.2) is 12.1 Å². The highest BCUT2D eigenvalue weighted by molar-refractivity contribution is 8.19. The highest BCUT2D eigenvalue weighted by atomic mass is 32.2. The van der Waals surface area contributed by atoms with Gasteiger partial charge in [-0.3, -0.25) is 0 Å². The molecule has 2 rings (SSSR count). The van der Waals surface area contributed by atoms with Gasteiger partial charge in [-0.05, 0) is 36.6 Å². The first-order valence-corrected chi connectivity index (χ1v) is 7.66. The molecule has 17 heavy (non-hydrogen) atoms. The van der Waals surface area contributed by atoms with Crippen molar-refractivity contribution in [2.24, 2.45) is 0 Å². The van der Waals surface area contributed by atoms with Crippen molar-refractivity contribution in [3.8, 4) is 0 Å². The molecule has 0 radical (unpaired) electrons. The first kappa shape index (κ1) is 12.8. The van der Waals surface area contributed by atoms with E-state index >= 15 is 0 Å². The summed E-state index contributed by atoms with van der Waals surface area (Å²) in [6.45, 7) is 4.02. The van der Waals surface area contributed by atoms with Crippen molar-refractivity contribution in [3.05, 3.63) is 34.4 Å². The number of carbonyl (C=O) groups is 1. The molecule has 2 nitrogen and oxygen atoms in total. The van der Waals surface area contributed by atoms with Gasteiger partial charge in [0.1, 0.15) is 0 Å². The fourth-order valence-electron chi connectivity index (χ4n) is 1.90. The van der Waals surface area contributed by atoms with Crippen LogP contribution in [-0.2, 0) is 4.74 Å². The van der Waals surface area contributed by atoms with E-state index < -0.39 is 0 Å². The maximum atomic E-state index is 11.7. The predicted octanol–water partition coefficient (Wildman–Crippen LogP) is 3.57. The summed E-state index contributed by atoms with van der Waals surface area (Å²) in [5.74, 6) is 2.14. The van der Waals surface area contributed by atoms with Gasteiger partial charge in [0.2, 0.25) is 0 Å². The number of esters is 1. The summed E-state index contributed by atoms with van der Waals surface area (Å²) in [5, 5.41) is 0. The van der Waals surface area contributed by atoms with Gasteiger partial charge in [0.05, 0.1) is 17.3 Å². The molecule has 1 saturated heterocycles. The lowest BCUT2D eigenvalue weighted by molar-refractivity contribution is 0.0599. The van der Waals surface area contributed by atoms with Gasteiger partial charge in [0.25, 0.3) is 0 Å². The van der Waals surface area contributed by atoms with Crippen LogP contribution in [0, 0.1) is 13.8 Å². The lowest BCUT2D eigenvalue weighted by Gasteiger charge is -2.14. The number of rotatable bonds is 2. The number of hydrogen-bond acceptors (Lipinski definition) is 4. The number of aryl methyl sites for hydroxylation is 1. The second-order valence-electron chi connectivity index (χ2n) is 4.08. The smallest absolute Gasteiger partial charge is 0.338 e. The molecule has 1 aromatic rings. The van der Waals surface area contributed by atoms with Crippen LogP contribution in [0.4, 0.5) is 0 Å². The fourth-order valence-corrected chi connectivity index (χ4v) is 4.71. The van der Waals surface area contributed by atoms with Crippen LogP contribution in [-0.4, -0.2) is 24.6 Å². The van der Waals surface area contributed by atoms with E-state index in [1.54, 1.807) is 0 Å². The minimum Gasteiger partial charge on any atom is -0.465 e. The zero-order chi connectivity index (χ0) is 12.4.